The van der Waals surface area contributed by atoms with Crippen LogP contribution in [0.1, 0.15) is 19.8 Å². The van der Waals surface area contributed by atoms with Crippen molar-refractivity contribution in [3.8, 4) is 0 Å². The molecule has 0 aromatic rings. The zero-order valence-electron chi connectivity index (χ0n) is 12.0. The summed E-state index contributed by atoms with van der Waals surface area (Å²) >= 11 is 0. The molecule has 21 heavy (non-hydrogen) atoms. The first-order valence-corrected chi connectivity index (χ1v) is 7.14. The zero-order chi connectivity index (χ0) is 15.3. The van der Waals surface area contributed by atoms with Gasteiger partial charge >= 0.3 is 6.03 Å². The van der Waals surface area contributed by atoms with Gasteiger partial charge in [-0.15, -0.1) is 0 Å². The summed E-state index contributed by atoms with van der Waals surface area (Å²) in [6, 6.07) is -0.851. The van der Waals surface area contributed by atoms with Gasteiger partial charge in [0.05, 0.1) is 25.2 Å². The molecule has 3 rings (SSSR count). The van der Waals surface area contributed by atoms with E-state index in [9.17, 15) is 14.4 Å². The summed E-state index contributed by atoms with van der Waals surface area (Å²) in [5.74, 6) is -0.470. The van der Waals surface area contributed by atoms with E-state index in [1.54, 1.807) is 11.8 Å². The number of carbonyl (C=O) groups excluding carboxylic acids is 3. The first kappa shape index (κ1) is 14.3. The highest BCUT2D eigenvalue weighted by Gasteiger charge is 2.53. The molecule has 8 heteroatoms. The number of rotatable bonds is 1. The normalized spacial score (nSPS) is 39.5. The number of carbonyl (C=O) groups is 3. The lowest BCUT2D eigenvalue weighted by molar-refractivity contribution is -0.145. The lowest BCUT2D eigenvalue weighted by Crippen LogP contribution is -2.62. The summed E-state index contributed by atoms with van der Waals surface area (Å²) in [5, 5.41) is 4.91. The summed E-state index contributed by atoms with van der Waals surface area (Å²) in [5.41, 5.74) is 4.23. The van der Waals surface area contributed by atoms with Gasteiger partial charge < -0.3 is 20.7 Å². The predicted octanol–water partition coefficient (Wildman–Crippen LogP) is -1.45. The van der Waals surface area contributed by atoms with E-state index < -0.39 is 17.0 Å². The van der Waals surface area contributed by atoms with Crippen LogP contribution in [0.15, 0.2) is 0 Å². The van der Waals surface area contributed by atoms with Gasteiger partial charge in [-0.25, -0.2) is 4.79 Å². The van der Waals surface area contributed by atoms with E-state index in [1.807, 2.05) is 0 Å². The average molecular weight is 296 g/mol. The van der Waals surface area contributed by atoms with Gasteiger partial charge in [0, 0.05) is 12.6 Å². The maximum atomic E-state index is 12.8. The van der Waals surface area contributed by atoms with Crippen LogP contribution in [0.5, 0.6) is 0 Å². The number of hydrogen-bond donors (Lipinski definition) is 3. The Labute approximate surface area is 122 Å². The summed E-state index contributed by atoms with van der Waals surface area (Å²) in [4.78, 5) is 37.8. The summed E-state index contributed by atoms with van der Waals surface area (Å²) in [6.07, 6.45) is 1.19. The topological polar surface area (TPSA) is 114 Å². The molecule has 0 radical (unpaired) electrons. The van der Waals surface area contributed by atoms with Crippen molar-refractivity contribution < 1.29 is 19.1 Å². The van der Waals surface area contributed by atoms with Crippen LogP contribution in [0.3, 0.4) is 0 Å². The van der Waals surface area contributed by atoms with Gasteiger partial charge in [-0.3, -0.25) is 14.9 Å². The molecule has 4 amide bonds. The monoisotopic (exact) mass is 296 g/mol. The third kappa shape index (κ3) is 2.09. The second-order valence-electron chi connectivity index (χ2n) is 6.36. The molecule has 0 saturated carbocycles. The number of nitrogens with one attached hydrogen (secondary N) is 2. The molecule has 0 aromatic carbocycles. The minimum Gasteiger partial charge on any atom is -0.379 e. The Kier molecular flexibility index (Phi) is 3.18. The third-order valence-electron chi connectivity index (χ3n) is 4.80. The number of nitrogens with two attached hydrogens (primary N) is 1. The zero-order valence-corrected chi connectivity index (χ0v) is 12.0. The lowest BCUT2D eigenvalue weighted by atomic mass is 9.82. The quantitative estimate of drug-likeness (QED) is 0.512. The Bertz CT molecular complexity index is 510. The maximum Gasteiger partial charge on any atom is 0.322 e. The van der Waals surface area contributed by atoms with Crippen LogP contribution in [-0.2, 0) is 14.3 Å². The average Bonchev–Trinajstić information content (AvgIpc) is 2.91. The van der Waals surface area contributed by atoms with E-state index in [0.717, 1.165) is 0 Å². The Morgan fingerprint density at radius 3 is 2.81 bits per heavy atom. The highest BCUT2D eigenvalue weighted by atomic mass is 16.5. The molecule has 8 nitrogen and oxygen atoms in total. The van der Waals surface area contributed by atoms with E-state index in [-0.39, 0.29) is 31.0 Å². The fourth-order valence-corrected chi connectivity index (χ4v) is 3.31. The molecule has 3 aliphatic rings. The van der Waals surface area contributed by atoms with Gasteiger partial charge in [-0.1, -0.05) is 0 Å². The van der Waals surface area contributed by atoms with Crippen LogP contribution >= 0.6 is 0 Å². The standard InChI is InChI=1S/C13H20N4O4/c1-12(7-21-5-8(12)14)10(19)17-4-2-3-13(6-17)9(18)15-11(20)16-13/h8H,2-7,14H2,1H3,(H2,15,16,18,20). The molecule has 0 bridgehead atoms. The van der Waals surface area contributed by atoms with Crippen molar-refractivity contribution in [3.63, 3.8) is 0 Å². The summed E-state index contributed by atoms with van der Waals surface area (Å²) in [6.45, 7) is 3.19. The largest absolute Gasteiger partial charge is 0.379 e. The number of hydrogen-bond acceptors (Lipinski definition) is 5. The van der Waals surface area contributed by atoms with E-state index in [0.29, 0.717) is 26.0 Å². The summed E-state index contributed by atoms with van der Waals surface area (Å²) < 4.78 is 5.32. The molecule has 4 N–H and O–H groups in total. The Morgan fingerprint density at radius 2 is 2.24 bits per heavy atom. The van der Waals surface area contributed by atoms with E-state index in [4.69, 9.17) is 10.5 Å². The number of nitrogens with zero attached hydrogens (tertiary/aromatic N) is 1. The van der Waals surface area contributed by atoms with Gasteiger partial charge in [0.25, 0.3) is 5.91 Å². The molecule has 3 heterocycles. The highest BCUT2D eigenvalue weighted by molar-refractivity contribution is 6.07. The SMILES string of the molecule is CC1(C(=O)N2CCCC3(C2)NC(=O)NC3=O)COCC1N. The Hall–Kier alpha value is -1.67. The van der Waals surface area contributed by atoms with E-state index in [1.165, 1.54) is 0 Å². The second kappa shape index (κ2) is 4.67. The van der Waals surface area contributed by atoms with E-state index in [2.05, 4.69) is 10.6 Å². The fraction of sp³-hybridized carbons (Fsp3) is 0.769. The van der Waals surface area contributed by atoms with Crippen molar-refractivity contribution in [1.29, 1.82) is 0 Å². The van der Waals surface area contributed by atoms with Gasteiger partial charge in [-0.05, 0) is 19.8 Å². The van der Waals surface area contributed by atoms with Gasteiger partial charge in [0.15, 0.2) is 0 Å². The first-order chi connectivity index (χ1) is 9.87. The van der Waals surface area contributed by atoms with Crippen molar-refractivity contribution in [2.24, 2.45) is 11.1 Å². The van der Waals surface area contributed by atoms with E-state index >= 15 is 0 Å². The first-order valence-electron chi connectivity index (χ1n) is 7.14. The summed E-state index contributed by atoms with van der Waals surface area (Å²) in [7, 11) is 0. The maximum absolute atomic E-state index is 12.8. The van der Waals surface area contributed by atoms with Crippen LogP contribution in [0.4, 0.5) is 4.79 Å². The molecule has 0 aromatic heterocycles. The number of imide groups is 1. The lowest BCUT2D eigenvalue weighted by Gasteiger charge is -2.41. The third-order valence-corrected chi connectivity index (χ3v) is 4.80. The minimum absolute atomic E-state index is 0.111. The van der Waals surface area contributed by atoms with Crippen LogP contribution in [0, 0.1) is 5.41 Å². The van der Waals surface area contributed by atoms with Crippen molar-refractivity contribution >= 4 is 17.8 Å². The molecule has 3 atom stereocenters. The molecule has 0 aliphatic carbocycles. The number of amides is 4. The number of piperidine rings is 1. The molecular weight excluding hydrogens is 276 g/mol. The van der Waals surface area contributed by atoms with Crippen molar-refractivity contribution in [1.82, 2.24) is 15.5 Å². The van der Waals surface area contributed by atoms with Crippen molar-refractivity contribution in [2.45, 2.75) is 31.3 Å². The number of urea groups is 1. The van der Waals surface area contributed by atoms with Gasteiger partial charge in [0.2, 0.25) is 5.91 Å². The van der Waals surface area contributed by atoms with Crippen molar-refractivity contribution in [3.05, 3.63) is 0 Å². The van der Waals surface area contributed by atoms with Crippen LogP contribution in [0.25, 0.3) is 0 Å². The Morgan fingerprint density at radius 1 is 1.48 bits per heavy atom. The predicted molar refractivity (Wildman–Crippen MR) is 72.1 cm³/mol. The number of likely N-dealkylation sites (tertiary alicyclic amines) is 1. The van der Waals surface area contributed by atoms with Gasteiger partial charge in [-0.2, -0.15) is 0 Å². The fourth-order valence-electron chi connectivity index (χ4n) is 3.31. The van der Waals surface area contributed by atoms with Crippen LogP contribution in [0.2, 0.25) is 0 Å². The number of ether oxygens (including phenoxy) is 1. The molecule has 3 fully saturated rings. The Balaban J connectivity index is 1.79. The van der Waals surface area contributed by atoms with Crippen molar-refractivity contribution in [2.75, 3.05) is 26.3 Å². The second-order valence-corrected chi connectivity index (χ2v) is 6.36. The van der Waals surface area contributed by atoms with Crippen LogP contribution in [-0.4, -0.2) is 60.6 Å². The van der Waals surface area contributed by atoms with Gasteiger partial charge in [0.1, 0.15) is 5.54 Å². The minimum atomic E-state index is -0.995. The molecular formula is C13H20N4O4. The highest BCUT2D eigenvalue weighted by Crippen LogP contribution is 2.33. The molecule has 1 spiro atoms. The smallest absolute Gasteiger partial charge is 0.322 e. The molecule has 116 valence electrons. The molecule has 3 saturated heterocycles. The molecule has 3 unspecified atom stereocenters. The molecule has 3 aliphatic heterocycles. The van der Waals surface area contributed by atoms with Crippen LogP contribution < -0.4 is 16.4 Å².